The largest absolute Gasteiger partial charge is 0.466 e. The molecule has 0 amide bonds. The van der Waals surface area contributed by atoms with Gasteiger partial charge in [-0.15, -0.1) is 11.3 Å². The summed E-state index contributed by atoms with van der Waals surface area (Å²) >= 11 is 3.08. The molecule has 1 atom stereocenters. The van der Waals surface area contributed by atoms with E-state index in [4.69, 9.17) is 4.74 Å². The molecule has 0 N–H and O–H groups in total. The molecule has 0 aliphatic carbocycles. The van der Waals surface area contributed by atoms with E-state index < -0.39 is 0 Å². The Balaban J connectivity index is 2.07. The minimum absolute atomic E-state index is 0.0313. The minimum atomic E-state index is -0.263. The van der Waals surface area contributed by atoms with Crippen LogP contribution in [0.15, 0.2) is 9.95 Å². The van der Waals surface area contributed by atoms with E-state index in [1.165, 1.54) is 11.8 Å². The summed E-state index contributed by atoms with van der Waals surface area (Å²) in [5, 5.41) is 1.40. The fraction of sp³-hybridized carbons (Fsp3) is 0.500. The van der Waals surface area contributed by atoms with Crippen LogP contribution in [0.4, 0.5) is 0 Å². The van der Waals surface area contributed by atoms with Crippen molar-refractivity contribution in [3.05, 3.63) is 20.8 Å². The van der Waals surface area contributed by atoms with Gasteiger partial charge in [0.15, 0.2) is 5.16 Å². The number of aryl methyl sites for hydroxylation is 2. The number of hydrogen-bond acceptors (Lipinski definition) is 6. The van der Waals surface area contributed by atoms with Gasteiger partial charge >= 0.3 is 5.97 Å². The van der Waals surface area contributed by atoms with E-state index >= 15 is 0 Å². The van der Waals surface area contributed by atoms with Crippen LogP contribution in [0.25, 0.3) is 10.2 Å². The summed E-state index contributed by atoms with van der Waals surface area (Å²) in [5.41, 5.74) is 0.964. The molecular weight excluding hydrogens is 308 g/mol. The average molecular weight is 324 g/mol. The maximum Gasteiger partial charge on any atom is 0.307 e. The molecule has 1 unspecified atom stereocenters. The first-order valence-electron chi connectivity index (χ1n) is 6.83. The smallest absolute Gasteiger partial charge is 0.307 e. The van der Waals surface area contributed by atoms with Crippen molar-refractivity contribution in [1.29, 1.82) is 0 Å². The summed E-state index contributed by atoms with van der Waals surface area (Å²) in [4.78, 5) is 31.0. The molecule has 2 aromatic heterocycles. The lowest BCUT2D eigenvalue weighted by atomic mass is 10.2. The van der Waals surface area contributed by atoms with Crippen LogP contribution in [0, 0.1) is 13.8 Å². The number of thiophene rings is 1. The molecule has 0 fully saturated rings. The Morgan fingerprint density at radius 2 is 2.24 bits per heavy atom. The standard InChI is InChI=1S/C14H16N2O3S2/c1-4-19-10(17)5-9-6-20-14-15-12-11(13(18)16(9)14)7(2)8(3)21-12/h9H,4-6H2,1-3H3. The fourth-order valence-electron chi connectivity index (χ4n) is 2.52. The molecule has 0 radical (unpaired) electrons. The Kier molecular flexibility index (Phi) is 3.79. The van der Waals surface area contributed by atoms with E-state index in [-0.39, 0.29) is 24.0 Å². The van der Waals surface area contributed by atoms with Gasteiger partial charge in [-0.05, 0) is 26.3 Å². The quantitative estimate of drug-likeness (QED) is 0.642. The number of rotatable bonds is 3. The molecule has 0 saturated carbocycles. The first-order chi connectivity index (χ1) is 10.0. The van der Waals surface area contributed by atoms with Gasteiger partial charge in [-0.2, -0.15) is 0 Å². The number of carbonyl (C=O) groups excluding carboxylic acids is 1. The third-order valence-corrected chi connectivity index (χ3v) is 5.88. The second-order valence-corrected chi connectivity index (χ2v) is 7.20. The number of carbonyl (C=O) groups is 1. The molecule has 0 spiro atoms. The van der Waals surface area contributed by atoms with Crippen LogP contribution >= 0.6 is 23.1 Å². The van der Waals surface area contributed by atoms with Gasteiger partial charge in [0, 0.05) is 10.6 Å². The summed E-state index contributed by atoms with van der Waals surface area (Å²) in [5.74, 6) is 0.428. The molecule has 0 bridgehead atoms. The summed E-state index contributed by atoms with van der Waals surface area (Å²) in [6.07, 6.45) is 0.225. The van der Waals surface area contributed by atoms with Gasteiger partial charge in [0.05, 0.1) is 24.5 Å². The molecule has 21 heavy (non-hydrogen) atoms. The number of esters is 1. The van der Waals surface area contributed by atoms with Crippen molar-refractivity contribution in [2.24, 2.45) is 0 Å². The number of aromatic nitrogens is 2. The molecule has 3 heterocycles. The Morgan fingerprint density at radius 1 is 1.48 bits per heavy atom. The first-order valence-corrected chi connectivity index (χ1v) is 8.63. The molecule has 0 saturated heterocycles. The van der Waals surface area contributed by atoms with Crippen LogP contribution in [0.3, 0.4) is 0 Å². The lowest BCUT2D eigenvalue weighted by molar-refractivity contribution is -0.143. The Bertz CT molecular complexity index is 779. The molecule has 5 nitrogen and oxygen atoms in total. The maximum absolute atomic E-state index is 12.8. The van der Waals surface area contributed by atoms with Crippen molar-refractivity contribution in [3.8, 4) is 0 Å². The maximum atomic E-state index is 12.8. The second kappa shape index (κ2) is 5.46. The van der Waals surface area contributed by atoms with Crippen LogP contribution in [0.1, 0.15) is 29.8 Å². The predicted molar refractivity (Wildman–Crippen MR) is 84.4 cm³/mol. The molecule has 7 heteroatoms. The fourth-order valence-corrected chi connectivity index (χ4v) is 4.73. The van der Waals surface area contributed by atoms with E-state index in [9.17, 15) is 9.59 Å². The van der Waals surface area contributed by atoms with E-state index in [0.717, 1.165) is 15.3 Å². The highest BCUT2D eigenvalue weighted by Gasteiger charge is 2.29. The minimum Gasteiger partial charge on any atom is -0.466 e. The molecule has 3 rings (SSSR count). The monoisotopic (exact) mass is 324 g/mol. The highest BCUT2D eigenvalue weighted by atomic mass is 32.2. The second-order valence-electron chi connectivity index (χ2n) is 5.01. The van der Waals surface area contributed by atoms with Gasteiger partial charge in [-0.25, -0.2) is 4.98 Å². The number of thioether (sulfide) groups is 1. The van der Waals surface area contributed by atoms with Gasteiger partial charge in [0.2, 0.25) is 0 Å². The first kappa shape index (κ1) is 14.6. The Labute approximate surface area is 130 Å². The summed E-state index contributed by atoms with van der Waals surface area (Å²) in [6, 6.07) is -0.159. The van der Waals surface area contributed by atoms with Crippen LogP contribution < -0.4 is 5.56 Å². The predicted octanol–water partition coefficient (Wildman–Crippen LogP) is 2.67. The average Bonchev–Trinajstić information content (AvgIpc) is 2.93. The molecule has 2 aromatic rings. The van der Waals surface area contributed by atoms with Gasteiger partial charge in [0.1, 0.15) is 4.83 Å². The third-order valence-electron chi connectivity index (χ3n) is 3.68. The van der Waals surface area contributed by atoms with Gasteiger partial charge in [-0.1, -0.05) is 11.8 Å². The highest BCUT2D eigenvalue weighted by Crippen LogP contribution is 2.35. The Hall–Kier alpha value is -1.34. The number of fused-ring (bicyclic) bond motifs is 2. The van der Waals surface area contributed by atoms with Gasteiger partial charge in [0.25, 0.3) is 5.56 Å². The van der Waals surface area contributed by atoms with E-state index in [0.29, 0.717) is 22.9 Å². The summed E-state index contributed by atoms with van der Waals surface area (Å²) < 4.78 is 6.66. The SMILES string of the molecule is CCOC(=O)CC1CSc2nc3sc(C)c(C)c3c(=O)n21. The number of hydrogen-bond donors (Lipinski definition) is 0. The van der Waals surface area contributed by atoms with Crippen molar-refractivity contribution in [1.82, 2.24) is 9.55 Å². The zero-order chi connectivity index (χ0) is 15.1. The van der Waals surface area contributed by atoms with Crippen molar-refractivity contribution in [3.63, 3.8) is 0 Å². The van der Waals surface area contributed by atoms with Crippen LogP contribution in [-0.2, 0) is 9.53 Å². The molecule has 112 valence electrons. The topological polar surface area (TPSA) is 61.2 Å². The summed E-state index contributed by atoms with van der Waals surface area (Å²) in [6.45, 7) is 6.09. The third kappa shape index (κ3) is 2.38. The molecular formula is C14H16N2O3S2. The zero-order valence-electron chi connectivity index (χ0n) is 12.1. The normalized spacial score (nSPS) is 17.2. The highest BCUT2D eigenvalue weighted by molar-refractivity contribution is 7.99. The molecule has 1 aliphatic heterocycles. The lowest BCUT2D eigenvalue weighted by Gasteiger charge is -2.12. The lowest BCUT2D eigenvalue weighted by Crippen LogP contribution is -2.26. The van der Waals surface area contributed by atoms with E-state index in [1.807, 2.05) is 13.8 Å². The van der Waals surface area contributed by atoms with Crippen LogP contribution in [-0.4, -0.2) is 27.9 Å². The van der Waals surface area contributed by atoms with Crippen molar-refractivity contribution in [2.75, 3.05) is 12.4 Å². The van der Waals surface area contributed by atoms with E-state index in [2.05, 4.69) is 4.98 Å². The molecule has 0 aromatic carbocycles. The Morgan fingerprint density at radius 3 is 2.95 bits per heavy atom. The van der Waals surface area contributed by atoms with E-state index in [1.54, 1.807) is 22.8 Å². The zero-order valence-corrected chi connectivity index (χ0v) is 13.8. The van der Waals surface area contributed by atoms with Gasteiger partial charge in [-0.3, -0.25) is 14.2 Å². The van der Waals surface area contributed by atoms with Crippen LogP contribution in [0.5, 0.6) is 0 Å². The summed E-state index contributed by atoms with van der Waals surface area (Å²) in [7, 11) is 0. The van der Waals surface area contributed by atoms with Crippen molar-refractivity contribution >= 4 is 39.3 Å². The van der Waals surface area contributed by atoms with Crippen molar-refractivity contribution in [2.45, 2.75) is 38.4 Å². The number of ether oxygens (including phenoxy) is 1. The van der Waals surface area contributed by atoms with Gasteiger partial charge < -0.3 is 4.74 Å². The van der Waals surface area contributed by atoms with Crippen LogP contribution in [0.2, 0.25) is 0 Å². The number of nitrogens with zero attached hydrogens (tertiary/aromatic N) is 2. The molecule has 1 aliphatic rings. The van der Waals surface area contributed by atoms with Crippen molar-refractivity contribution < 1.29 is 9.53 Å².